The Balaban J connectivity index is 1.85. The maximum absolute atomic E-state index is 12.6. The van der Waals surface area contributed by atoms with Crippen LogP contribution in [0.1, 0.15) is 21.5 Å². The molecule has 3 rings (SSSR count). The van der Waals surface area contributed by atoms with Gasteiger partial charge in [-0.15, -0.1) is 0 Å². The Morgan fingerprint density at radius 1 is 0.759 bits per heavy atom. The van der Waals surface area contributed by atoms with Crippen molar-refractivity contribution in [1.82, 2.24) is 5.43 Å². The highest BCUT2D eigenvalue weighted by Crippen LogP contribution is 2.18. The molecule has 5 nitrogen and oxygen atoms in total. The third-order valence-electron chi connectivity index (χ3n) is 4.04. The summed E-state index contributed by atoms with van der Waals surface area (Å²) in [5.41, 5.74) is 4.63. The van der Waals surface area contributed by atoms with Gasteiger partial charge in [-0.3, -0.25) is 4.79 Å². The summed E-state index contributed by atoms with van der Waals surface area (Å²) in [5.74, 6) is -4.12. The lowest BCUT2D eigenvalue weighted by molar-refractivity contribution is 0.0955. The van der Waals surface area contributed by atoms with Crippen LogP contribution in [0.5, 0.6) is 0 Å². The average Bonchev–Trinajstić information content (AvgIpc) is 2.75. The number of carbonyl (C=O) groups excluding carboxylic acids is 1. The van der Waals surface area contributed by atoms with E-state index >= 15 is 0 Å². The van der Waals surface area contributed by atoms with Gasteiger partial charge in [-0.2, -0.15) is 13.9 Å². The normalized spacial score (nSPS) is 11.1. The summed E-state index contributed by atoms with van der Waals surface area (Å²) < 4.78 is 48.1. The van der Waals surface area contributed by atoms with E-state index in [9.17, 15) is 22.0 Å². The number of hydrazone groups is 1. The largest absolute Gasteiger partial charge is 0.341 e. The number of nitrogens with one attached hydrogen (secondary N) is 1. The molecule has 1 N–H and O–H groups in total. The van der Waals surface area contributed by atoms with E-state index in [4.69, 9.17) is 0 Å². The van der Waals surface area contributed by atoms with Gasteiger partial charge in [-0.1, -0.05) is 60.7 Å². The van der Waals surface area contributed by atoms with Crippen molar-refractivity contribution in [3.05, 3.63) is 102 Å². The molecule has 3 aromatic carbocycles. The van der Waals surface area contributed by atoms with Crippen molar-refractivity contribution in [1.29, 1.82) is 0 Å². The van der Waals surface area contributed by atoms with E-state index in [0.29, 0.717) is 5.71 Å². The van der Waals surface area contributed by atoms with Crippen molar-refractivity contribution in [2.75, 3.05) is 0 Å². The molecule has 0 aliphatic heterocycles. The van der Waals surface area contributed by atoms with Gasteiger partial charge in [0, 0.05) is 16.7 Å². The van der Waals surface area contributed by atoms with Crippen molar-refractivity contribution < 1.29 is 22.0 Å². The smallest absolute Gasteiger partial charge is 0.267 e. The molecule has 0 unspecified atom stereocenters. The van der Waals surface area contributed by atoms with Crippen molar-refractivity contribution >= 4 is 21.5 Å². The minimum absolute atomic E-state index is 0.0856. The topological polar surface area (TPSA) is 75.6 Å². The third-order valence-corrected chi connectivity index (χ3v) is 5.44. The van der Waals surface area contributed by atoms with Crippen LogP contribution >= 0.6 is 0 Å². The Bertz CT molecular complexity index is 1070. The second kappa shape index (κ2) is 8.74. The van der Waals surface area contributed by atoms with E-state index in [0.717, 1.165) is 35.4 Å². The first kappa shape index (κ1) is 20.3. The van der Waals surface area contributed by atoms with Gasteiger partial charge in [-0.25, -0.2) is 13.8 Å². The molecule has 1 amide bonds. The number of carbonyl (C=O) groups is 1. The Morgan fingerprint density at radius 2 is 1.24 bits per heavy atom. The molecule has 0 radical (unpaired) electrons. The van der Waals surface area contributed by atoms with Crippen molar-refractivity contribution in [2.45, 2.75) is 10.7 Å². The summed E-state index contributed by atoms with van der Waals surface area (Å²) in [6.07, 6.45) is 0. The summed E-state index contributed by atoms with van der Waals surface area (Å²) in [6.45, 7) is 0. The zero-order valence-electron chi connectivity index (χ0n) is 15.0. The maximum atomic E-state index is 12.6. The van der Waals surface area contributed by atoms with Crippen LogP contribution in [-0.4, -0.2) is 25.8 Å². The van der Waals surface area contributed by atoms with Gasteiger partial charge >= 0.3 is 5.76 Å². The van der Waals surface area contributed by atoms with Crippen LogP contribution in [0.3, 0.4) is 0 Å². The summed E-state index contributed by atoms with van der Waals surface area (Å²) in [4.78, 5) is 11.8. The van der Waals surface area contributed by atoms with Gasteiger partial charge in [0.1, 0.15) is 0 Å². The molecular weight excluding hydrogens is 398 g/mol. The van der Waals surface area contributed by atoms with Crippen molar-refractivity contribution in [3.8, 4) is 0 Å². The molecule has 8 heteroatoms. The number of benzene rings is 3. The van der Waals surface area contributed by atoms with E-state index in [1.807, 2.05) is 60.7 Å². The summed E-state index contributed by atoms with van der Waals surface area (Å²) in [5, 5.41) is 4.22. The molecule has 0 saturated carbocycles. The molecular formula is C21H16F2N2O3S. The molecule has 0 aromatic heterocycles. The molecule has 0 heterocycles. The lowest BCUT2D eigenvalue weighted by Crippen LogP contribution is -2.21. The number of rotatable bonds is 6. The first-order valence-electron chi connectivity index (χ1n) is 8.50. The lowest BCUT2D eigenvalue weighted by Gasteiger charge is -2.08. The van der Waals surface area contributed by atoms with E-state index in [1.165, 1.54) is 0 Å². The van der Waals surface area contributed by atoms with Gasteiger partial charge in [0.2, 0.25) is 9.84 Å². The molecule has 0 fully saturated rings. The second-order valence-corrected chi connectivity index (χ2v) is 7.88. The van der Waals surface area contributed by atoms with E-state index in [2.05, 4.69) is 10.5 Å². The monoisotopic (exact) mass is 414 g/mol. The predicted octanol–water partition coefficient (Wildman–Crippen LogP) is 3.87. The minimum Gasteiger partial charge on any atom is -0.267 e. The van der Waals surface area contributed by atoms with E-state index < -0.39 is 26.4 Å². The number of alkyl halides is 2. The fraction of sp³-hybridized carbons (Fsp3) is 0.0476. The summed E-state index contributed by atoms with van der Waals surface area (Å²) in [7, 11) is -4.71. The summed E-state index contributed by atoms with van der Waals surface area (Å²) >= 11 is 0. The van der Waals surface area contributed by atoms with Crippen LogP contribution in [-0.2, 0) is 9.84 Å². The first-order chi connectivity index (χ1) is 13.9. The van der Waals surface area contributed by atoms with Gasteiger partial charge in [0.05, 0.1) is 10.6 Å². The highest BCUT2D eigenvalue weighted by atomic mass is 32.2. The molecule has 148 valence electrons. The second-order valence-electron chi connectivity index (χ2n) is 5.96. The van der Waals surface area contributed by atoms with Crippen LogP contribution in [0.2, 0.25) is 0 Å². The summed E-state index contributed by atoms with van der Waals surface area (Å²) in [6, 6.07) is 22.7. The van der Waals surface area contributed by atoms with Crippen LogP contribution in [0.25, 0.3) is 0 Å². The number of hydrogen-bond acceptors (Lipinski definition) is 4. The van der Waals surface area contributed by atoms with Gasteiger partial charge < -0.3 is 0 Å². The lowest BCUT2D eigenvalue weighted by atomic mass is 10.0. The zero-order valence-corrected chi connectivity index (χ0v) is 15.8. The fourth-order valence-corrected chi connectivity index (χ4v) is 3.28. The maximum Gasteiger partial charge on any atom is 0.341 e. The molecule has 0 spiro atoms. The number of amides is 1. The highest BCUT2D eigenvalue weighted by Gasteiger charge is 2.26. The van der Waals surface area contributed by atoms with Crippen LogP contribution in [0, 0.1) is 0 Å². The molecule has 0 aliphatic carbocycles. The van der Waals surface area contributed by atoms with Crippen molar-refractivity contribution in [3.63, 3.8) is 0 Å². The minimum atomic E-state index is -4.71. The van der Waals surface area contributed by atoms with E-state index in [-0.39, 0.29) is 5.56 Å². The van der Waals surface area contributed by atoms with Gasteiger partial charge in [0.15, 0.2) is 0 Å². The molecule has 0 aliphatic rings. The zero-order chi connectivity index (χ0) is 20.9. The average molecular weight is 414 g/mol. The third kappa shape index (κ3) is 4.72. The predicted molar refractivity (Wildman–Crippen MR) is 106 cm³/mol. The Kier molecular flexibility index (Phi) is 6.13. The number of hydrogen-bond donors (Lipinski definition) is 1. The fourth-order valence-electron chi connectivity index (χ4n) is 2.56. The van der Waals surface area contributed by atoms with E-state index in [1.54, 1.807) is 0 Å². The Labute approximate surface area is 166 Å². The molecule has 0 bridgehead atoms. The molecule has 0 saturated heterocycles. The standard InChI is InChI=1S/C21H16F2N2O3S/c22-21(23)29(27,28)18-13-11-17(12-14-18)20(26)25-24-19(15-7-3-1-4-8-15)16-9-5-2-6-10-16/h1-14,21H,(H,25,26). The quantitative estimate of drug-likeness (QED) is 0.492. The molecule has 0 atom stereocenters. The molecule has 29 heavy (non-hydrogen) atoms. The Morgan fingerprint density at radius 3 is 1.69 bits per heavy atom. The van der Waals surface area contributed by atoms with Gasteiger partial charge in [0.25, 0.3) is 5.91 Å². The van der Waals surface area contributed by atoms with Crippen LogP contribution in [0.15, 0.2) is 94.9 Å². The Hall–Kier alpha value is -3.39. The number of nitrogens with zero attached hydrogens (tertiary/aromatic N) is 1. The van der Waals surface area contributed by atoms with Gasteiger partial charge in [-0.05, 0) is 24.3 Å². The molecule has 3 aromatic rings. The number of halogens is 2. The van der Waals surface area contributed by atoms with Crippen molar-refractivity contribution in [2.24, 2.45) is 5.10 Å². The highest BCUT2D eigenvalue weighted by molar-refractivity contribution is 7.91. The first-order valence-corrected chi connectivity index (χ1v) is 10.0. The van der Waals surface area contributed by atoms with Crippen LogP contribution < -0.4 is 5.43 Å². The van der Waals surface area contributed by atoms with Crippen LogP contribution in [0.4, 0.5) is 8.78 Å². The SMILES string of the molecule is O=C(NN=C(c1ccccc1)c1ccccc1)c1ccc(S(=O)(=O)C(F)F)cc1. The number of sulfone groups is 1.